The Labute approximate surface area is 107 Å². The Kier molecular flexibility index (Phi) is 6.08. The fourth-order valence-corrected chi connectivity index (χ4v) is 1.45. The number of carbonyl (C=O) groups is 1. The third-order valence-electron chi connectivity index (χ3n) is 2.49. The summed E-state index contributed by atoms with van der Waals surface area (Å²) in [5.74, 6) is -0.513. The summed E-state index contributed by atoms with van der Waals surface area (Å²) < 4.78 is 10.5. The molecule has 18 heavy (non-hydrogen) atoms. The minimum Gasteiger partial charge on any atom is -0.456 e. The van der Waals surface area contributed by atoms with Crippen molar-refractivity contribution in [1.82, 2.24) is 0 Å². The van der Waals surface area contributed by atoms with Gasteiger partial charge in [-0.15, -0.1) is 0 Å². The van der Waals surface area contributed by atoms with Crippen molar-refractivity contribution in [2.24, 2.45) is 0 Å². The van der Waals surface area contributed by atoms with Crippen LogP contribution in [0.4, 0.5) is 0 Å². The molecule has 0 saturated heterocycles. The monoisotopic (exact) mass is 249 g/mol. The van der Waals surface area contributed by atoms with E-state index in [4.69, 9.17) is 9.47 Å². The van der Waals surface area contributed by atoms with E-state index < -0.39 is 5.97 Å². The SMILES string of the molecule is CCOCC(CC)OC(=O)c1ccccc1[C]=O. The van der Waals surface area contributed by atoms with Gasteiger partial charge in [0.1, 0.15) is 6.10 Å². The number of hydrogen-bond acceptors (Lipinski definition) is 4. The summed E-state index contributed by atoms with van der Waals surface area (Å²) in [4.78, 5) is 22.6. The van der Waals surface area contributed by atoms with Gasteiger partial charge in [-0.1, -0.05) is 25.1 Å². The van der Waals surface area contributed by atoms with Crippen LogP contribution in [-0.4, -0.2) is 31.6 Å². The van der Waals surface area contributed by atoms with E-state index >= 15 is 0 Å². The van der Waals surface area contributed by atoms with Crippen molar-refractivity contribution in [2.45, 2.75) is 26.4 Å². The average molecular weight is 249 g/mol. The van der Waals surface area contributed by atoms with Gasteiger partial charge in [0.25, 0.3) is 0 Å². The quantitative estimate of drug-likeness (QED) is 0.694. The van der Waals surface area contributed by atoms with Crippen LogP contribution in [-0.2, 0) is 14.3 Å². The molecular formula is C14H17O4. The standard InChI is InChI=1S/C14H17O4/c1-3-12(10-17-4-2)18-14(16)13-8-6-5-7-11(13)9-15/h5-8,12H,3-4,10H2,1-2H3. The Balaban J connectivity index is 2.71. The molecule has 0 bridgehead atoms. The molecular weight excluding hydrogens is 232 g/mol. The van der Waals surface area contributed by atoms with E-state index in [0.29, 0.717) is 19.6 Å². The van der Waals surface area contributed by atoms with Gasteiger partial charge in [0.15, 0.2) is 0 Å². The molecule has 1 radical (unpaired) electrons. The minimum atomic E-state index is -0.513. The third kappa shape index (κ3) is 3.96. The summed E-state index contributed by atoms with van der Waals surface area (Å²) in [5.41, 5.74) is 0.455. The first-order valence-electron chi connectivity index (χ1n) is 5.98. The zero-order valence-corrected chi connectivity index (χ0v) is 10.6. The highest BCUT2D eigenvalue weighted by Gasteiger charge is 2.17. The molecule has 1 unspecified atom stereocenters. The fraction of sp³-hybridized carbons (Fsp3) is 0.429. The number of rotatable bonds is 7. The number of hydrogen-bond donors (Lipinski definition) is 0. The van der Waals surface area contributed by atoms with Crippen molar-refractivity contribution in [3.05, 3.63) is 35.4 Å². The Bertz CT molecular complexity index is 401. The zero-order valence-electron chi connectivity index (χ0n) is 10.6. The summed E-state index contributed by atoms with van der Waals surface area (Å²) in [5, 5.41) is 0. The van der Waals surface area contributed by atoms with Crippen LogP contribution in [0, 0.1) is 0 Å². The number of ether oxygens (including phenoxy) is 2. The van der Waals surface area contributed by atoms with Crippen LogP contribution >= 0.6 is 0 Å². The Hall–Kier alpha value is -1.68. The van der Waals surface area contributed by atoms with Crippen LogP contribution in [0.15, 0.2) is 24.3 Å². The molecule has 0 aliphatic carbocycles. The fourth-order valence-electron chi connectivity index (χ4n) is 1.45. The largest absolute Gasteiger partial charge is 0.456 e. The molecule has 0 amide bonds. The third-order valence-corrected chi connectivity index (χ3v) is 2.49. The molecule has 0 aromatic heterocycles. The van der Waals surface area contributed by atoms with Crippen molar-refractivity contribution in [3.63, 3.8) is 0 Å². The van der Waals surface area contributed by atoms with Gasteiger partial charge < -0.3 is 9.47 Å². The van der Waals surface area contributed by atoms with Crippen LogP contribution < -0.4 is 0 Å². The lowest BCUT2D eigenvalue weighted by Gasteiger charge is -2.16. The van der Waals surface area contributed by atoms with Crippen LogP contribution in [0.3, 0.4) is 0 Å². The van der Waals surface area contributed by atoms with Gasteiger partial charge in [0.05, 0.1) is 12.2 Å². The molecule has 4 nitrogen and oxygen atoms in total. The molecule has 1 aromatic rings. The van der Waals surface area contributed by atoms with Gasteiger partial charge in [-0.2, -0.15) is 0 Å². The first-order valence-corrected chi connectivity index (χ1v) is 5.98. The highest BCUT2D eigenvalue weighted by Crippen LogP contribution is 2.10. The summed E-state index contributed by atoms with van der Waals surface area (Å²) in [7, 11) is 0. The first kappa shape index (κ1) is 14.4. The number of carbonyl (C=O) groups excluding carboxylic acids is 2. The van der Waals surface area contributed by atoms with Gasteiger partial charge in [-0.3, -0.25) is 4.79 Å². The van der Waals surface area contributed by atoms with E-state index in [2.05, 4.69) is 0 Å². The van der Waals surface area contributed by atoms with Crippen LogP contribution in [0.5, 0.6) is 0 Å². The van der Waals surface area contributed by atoms with Crippen molar-refractivity contribution in [2.75, 3.05) is 13.2 Å². The smallest absolute Gasteiger partial charge is 0.339 e. The second kappa shape index (κ2) is 7.61. The van der Waals surface area contributed by atoms with Gasteiger partial charge in [-0.05, 0) is 19.4 Å². The molecule has 0 N–H and O–H groups in total. The molecule has 4 heteroatoms. The number of esters is 1. The average Bonchev–Trinajstić information content (AvgIpc) is 2.43. The zero-order chi connectivity index (χ0) is 13.4. The highest BCUT2D eigenvalue weighted by molar-refractivity contribution is 5.98. The molecule has 0 spiro atoms. The molecule has 1 aromatic carbocycles. The Morgan fingerprint density at radius 2 is 2.06 bits per heavy atom. The van der Waals surface area contributed by atoms with Crippen molar-refractivity contribution in [1.29, 1.82) is 0 Å². The minimum absolute atomic E-state index is 0.216. The molecule has 1 atom stereocenters. The highest BCUT2D eigenvalue weighted by atomic mass is 16.6. The predicted octanol–water partition coefficient (Wildman–Crippen LogP) is 2.12. The maximum Gasteiger partial charge on any atom is 0.339 e. The van der Waals surface area contributed by atoms with Crippen molar-refractivity contribution in [3.8, 4) is 0 Å². The summed E-state index contributed by atoms with van der Waals surface area (Å²) in [6, 6.07) is 6.44. The van der Waals surface area contributed by atoms with E-state index in [1.807, 2.05) is 13.8 Å². The molecule has 1 rings (SSSR count). The van der Waals surface area contributed by atoms with E-state index in [9.17, 15) is 9.59 Å². The van der Waals surface area contributed by atoms with E-state index in [0.717, 1.165) is 0 Å². The topological polar surface area (TPSA) is 52.6 Å². The van der Waals surface area contributed by atoms with Gasteiger partial charge in [0.2, 0.25) is 6.29 Å². The van der Waals surface area contributed by atoms with Crippen LogP contribution in [0.2, 0.25) is 0 Å². The maximum atomic E-state index is 11.9. The van der Waals surface area contributed by atoms with Gasteiger partial charge >= 0.3 is 5.97 Å². The van der Waals surface area contributed by atoms with Gasteiger partial charge in [0, 0.05) is 12.2 Å². The lowest BCUT2D eigenvalue weighted by molar-refractivity contribution is -0.00314. The first-order chi connectivity index (χ1) is 8.72. The van der Waals surface area contributed by atoms with Crippen LogP contribution in [0.25, 0.3) is 0 Å². The molecule has 0 saturated carbocycles. The van der Waals surface area contributed by atoms with E-state index in [1.165, 1.54) is 6.07 Å². The predicted molar refractivity (Wildman–Crippen MR) is 67.2 cm³/mol. The van der Waals surface area contributed by atoms with E-state index in [1.54, 1.807) is 24.5 Å². The van der Waals surface area contributed by atoms with Crippen molar-refractivity contribution >= 4 is 12.3 Å². The number of benzene rings is 1. The van der Waals surface area contributed by atoms with Crippen molar-refractivity contribution < 1.29 is 19.1 Å². The molecule has 0 heterocycles. The Morgan fingerprint density at radius 1 is 1.33 bits per heavy atom. The summed E-state index contributed by atoms with van der Waals surface area (Å²) in [6.07, 6.45) is 2.10. The van der Waals surface area contributed by atoms with Gasteiger partial charge in [-0.25, -0.2) is 4.79 Å². The normalized spacial score (nSPS) is 11.9. The second-order valence-electron chi connectivity index (χ2n) is 3.74. The van der Waals surface area contributed by atoms with E-state index in [-0.39, 0.29) is 17.2 Å². The summed E-state index contributed by atoms with van der Waals surface area (Å²) in [6.45, 7) is 4.73. The molecule has 0 aliphatic heterocycles. The lowest BCUT2D eigenvalue weighted by atomic mass is 10.1. The molecule has 0 aliphatic rings. The molecule has 97 valence electrons. The molecule has 0 fully saturated rings. The summed E-state index contributed by atoms with van der Waals surface area (Å²) >= 11 is 0. The maximum absolute atomic E-state index is 11.9. The Morgan fingerprint density at radius 3 is 2.67 bits per heavy atom. The lowest BCUT2D eigenvalue weighted by Crippen LogP contribution is -2.23. The second-order valence-corrected chi connectivity index (χ2v) is 3.74. The van der Waals surface area contributed by atoms with Crippen LogP contribution in [0.1, 0.15) is 36.2 Å².